The quantitative estimate of drug-likeness (QED) is 0.331. The van der Waals surface area contributed by atoms with Crippen molar-refractivity contribution in [2.75, 3.05) is 19.7 Å². The number of aryl methyl sites for hydroxylation is 1. The number of benzene rings is 1. The number of nitrogens with one attached hydrogen (secondary N) is 1. The fraction of sp³-hybridized carbons (Fsp3) is 0.714. The zero-order chi connectivity index (χ0) is 19.5. The standard InChI is InChI=1S/C21H35NO5/c23-16-21(26)20(25)19(24)18(27-21)15-22-14-10-5-3-1-2-4-7-11-17-12-8-6-9-13-17/h6,8-9,12-13,18-20,22-26H,1-5,7,10-11,14-16H2/t18-,19+,20-,21+/m0/s1. The largest absolute Gasteiger partial charge is 0.391 e. The summed E-state index contributed by atoms with van der Waals surface area (Å²) in [5.74, 6) is -2.06. The molecule has 1 aromatic carbocycles. The number of rotatable bonds is 13. The molecule has 4 atom stereocenters. The molecule has 154 valence electrons. The van der Waals surface area contributed by atoms with Crippen molar-refractivity contribution in [2.24, 2.45) is 0 Å². The van der Waals surface area contributed by atoms with Gasteiger partial charge in [-0.3, -0.25) is 0 Å². The van der Waals surface area contributed by atoms with E-state index >= 15 is 0 Å². The monoisotopic (exact) mass is 381 g/mol. The Labute approximate surface area is 162 Å². The van der Waals surface area contributed by atoms with Crippen molar-refractivity contribution in [2.45, 2.75) is 75.5 Å². The van der Waals surface area contributed by atoms with E-state index < -0.39 is 30.7 Å². The normalized spacial score (nSPS) is 27.9. The smallest absolute Gasteiger partial charge is 0.219 e. The van der Waals surface area contributed by atoms with Gasteiger partial charge in [0.25, 0.3) is 0 Å². The van der Waals surface area contributed by atoms with Crippen LogP contribution in [-0.4, -0.2) is 64.2 Å². The second kappa shape index (κ2) is 11.7. The van der Waals surface area contributed by atoms with E-state index in [4.69, 9.17) is 9.84 Å². The van der Waals surface area contributed by atoms with E-state index in [1.807, 2.05) is 0 Å². The van der Waals surface area contributed by atoms with E-state index in [1.54, 1.807) is 0 Å². The Balaban J connectivity index is 1.41. The SMILES string of the molecule is OC[C@@]1(O)O[C@@H](CNCCCCCCCCCc2ccccc2)[C@@H](O)[C@@H]1O. The number of aliphatic hydroxyl groups is 4. The van der Waals surface area contributed by atoms with Crippen LogP contribution in [0.2, 0.25) is 0 Å². The lowest BCUT2D eigenvalue weighted by atomic mass is 10.0. The number of ether oxygens (including phenoxy) is 1. The summed E-state index contributed by atoms with van der Waals surface area (Å²) in [4.78, 5) is 0. The summed E-state index contributed by atoms with van der Waals surface area (Å²) in [7, 11) is 0. The maximum absolute atomic E-state index is 9.85. The number of hydrogen-bond donors (Lipinski definition) is 5. The Morgan fingerprint density at radius 3 is 2.19 bits per heavy atom. The van der Waals surface area contributed by atoms with Gasteiger partial charge in [0.1, 0.15) is 18.3 Å². The van der Waals surface area contributed by atoms with Gasteiger partial charge in [0.05, 0.1) is 6.61 Å². The highest BCUT2D eigenvalue weighted by Gasteiger charge is 2.52. The maximum atomic E-state index is 9.85. The Morgan fingerprint density at radius 1 is 0.926 bits per heavy atom. The molecule has 1 heterocycles. The molecular formula is C21H35NO5. The van der Waals surface area contributed by atoms with Crippen LogP contribution in [0, 0.1) is 0 Å². The molecular weight excluding hydrogens is 346 g/mol. The van der Waals surface area contributed by atoms with Crippen LogP contribution in [-0.2, 0) is 11.2 Å². The third-order valence-corrected chi connectivity index (χ3v) is 5.26. The zero-order valence-corrected chi connectivity index (χ0v) is 16.1. The fourth-order valence-electron chi connectivity index (χ4n) is 3.52. The van der Waals surface area contributed by atoms with Crippen LogP contribution in [0.4, 0.5) is 0 Å². The molecule has 5 N–H and O–H groups in total. The zero-order valence-electron chi connectivity index (χ0n) is 16.1. The van der Waals surface area contributed by atoms with E-state index in [9.17, 15) is 15.3 Å². The molecule has 1 fully saturated rings. The molecule has 0 radical (unpaired) electrons. The average molecular weight is 382 g/mol. The number of hydrogen-bond acceptors (Lipinski definition) is 6. The van der Waals surface area contributed by atoms with Crippen molar-refractivity contribution >= 4 is 0 Å². The van der Waals surface area contributed by atoms with Crippen LogP contribution in [0.5, 0.6) is 0 Å². The molecule has 0 amide bonds. The van der Waals surface area contributed by atoms with Gasteiger partial charge in [0.2, 0.25) is 5.79 Å². The highest BCUT2D eigenvalue weighted by Crippen LogP contribution is 2.28. The molecule has 0 aliphatic carbocycles. The van der Waals surface area contributed by atoms with E-state index in [2.05, 4.69) is 35.6 Å². The molecule has 1 aliphatic heterocycles. The molecule has 2 rings (SSSR count). The molecule has 1 aliphatic rings. The molecule has 0 unspecified atom stereocenters. The minimum atomic E-state index is -2.06. The van der Waals surface area contributed by atoms with E-state index in [1.165, 1.54) is 44.1 Å². The molecule has 0 aromatic heterocycles. The highest BCUT2D eigenvalue weighted by atomic mass is 16.7. The lowest BCUT2D eigenvalue weighted by Crippen LogP contribution is -2.46. The van der Waals surface area contributed by atoms with Crippen LogP contribution in [0.1, 0.15) is 50.5 Å². The van der Waals surface area contributed by atoms with E-state index in [-0.39, 0.29) is 0 Å². The molecule has 1 saturated heterocycles. The van der Waals surface area contributed by atoms with Crippen LogP contribution < -0.4 is 5.32 Å². The number of unbranched alkanes of at least 4 members (excludes halogenated alkanes) is 6. The third-order valence-electron chi connectivity index (χ3n) is 5.26. The first-order valence-electron chi connectivity index (χ1n) is 10.2. The highest BCUT2D eigenvalue weighted by molar-refractivity contribution is 5.14. The van der Waals surface area contributed by atoms with Gasteiger partial charge < -0.3 is 30.5 Å². The van der Waals surface area contributed by atoms with Gasteiger partial charge in [-0.25, -0.2) is 0 Å². The summed E-state index contributed by atoms with van der Waals surface area (Å²) in [5, 5.41) is 41.6. The van der Waals surface area contributed by atoms with Gasteiger partial charge in [-0.2, -0.15) is 0 Å². The molecule has 0 saturated carbocycles. The van der Waals surface area contributed by atoms with Crippen LogP contribution in [0.3, 0.4) is 0 Å². The van der Waals surface area contributed by atoms with Crippen molar-refractivity contribution in [1.29, 1.82) is 0 Å². The molecule has 6 heteroatoms. The van der Waals surface area contributed by atoms with Crippen molar-refractivity contribution < 1.29 is 25.2 Å². The average Bonchev–Trinajstić information content (AvgIpc) is 2.91. The first kappa shape index (κ1) is 22.3. The topological polar surface area (TPSA) is 102 Å². The second-order valence-electron chi connectivity index (χ2n) is 7.51. The van der Waals surface area contributed by atoms with Crippen molar-refractivity contribution in [3.05, 3.63) is 35.9 Å². The maximum Gasteiger partial charge on any atom is 0.219 e. The summed E-state index contributed by atoms with van der Waals surface area (Å²) in [6, 6.07) is 10.6. The van der Waals surface area contributed by atoms with Crippen LogP contribution in [0.25, 0.3) is 0 Å². The summed E-state index contributed by atoms with van der Waals surface area (Å²) in [6.07, 6.45) is 6.24. The Hall–Kier alpha value is -1.02. The Morgan fingerprint density at radius 2 is 1.56 bits per heavy atom. The summed E-state index contributed by atoms with van der Waals surface area (Å²) in [6.45, 7) is 0.390. The van der Waals surface area contributed by atoms with Crippen LogP contribution in [0.15, 0.2) is 30.3 Å². The lowest BCUT2D eigenvalue weighted by Gasteiger charge is -2.22. The Kier molecular flexibility index (Phi) is 9.68. The second-order valence-corrected chi connectivity index (χ2v) is 7.51. The Bertz CT molecular complexity index is 515. The predicted molar refractivity (Wildman–Crippen MR) is 104 cm³/mol. The molecule has 0 bridgehead atoms. The van der Waals surface area contributed by atoms with Gasteiger partial charge in [0.15, 0.2) is 0 Å². The van der Waals surface area contributed by atoms with Crippen molar-refractivity contribution in [3.63, 3.8) is 0 Å². The lowest BCUT2D eigenvalue weighted by molar-refractivity contribution is -0.245. The molecule has 6 nitrogen and oxygen atoms in total. The number of aliphatic hydroxyl groups excluding tert-OH is 3. The van der Waals surface area contributed by atoms with E-state index in [0.29, 0.717) is 6.54 Å². The van der Waals surface area contributed by atoms with Crippen molar-refractivity contribution in [3.8, 4) is 0 Å². The van der Waals surface area contributed by atoms with Gasteiger partial charge >= 0.3 is 0 Å². The minimum absolute atomic E-state index is 0.333. The van der Waals surface area contributed by atoms with Gasteiger partial charge in [-0.15, -0.1) is 0 Å². The molecule has 1 aromatic rings. The van der Waals surface area contributed by atoms with Gasteiger partial charge in [-0.1, -0.05) is 62.4 Å². The third kappa shape index (κ3) is 7.14. The first-order valence-corrected chi connectivity index (χ1v) is 10.2. The summed E-state index contributed by atoms with van der Waals surface area (Å²) >= 11 is 0. The summed E-state index contributed by atoms with van der Waals surface area (Å²) < 4.78 is 5.18. The van der Waals surface area contributed by atoms with E-state index in [0.717, 1.165) is 19.4 Å². The predicted octanol–water partition coefficient (Wildman–Crippen LogP) is 1.35. The minimum Gasteiger partial charge on any atom is -0.391 e. The van der Waals surface area contributed by atoms with Crippen molar-refractivity contribution in [1.82, 2.24) is 5.32 Å². The summed E-state index contributed by atoms with van der Waals surface area (Å²) in [5.41, 5.74) is 1.42. The van der Waals surface area contributed by atoms with Gasteiger partial charge in [-0.05, 0) is 31.4 Å². The molecule has 27 heavy (non-hydrogen) atoms. The van der Waals surface area contributed by atoms with Crippen LogP contribution >= 0.6 is 0 Å². The fourth-order valence-corrected chi connectivity index (χ4v) is 3.52. The first-order chi connectivity index (χ1) is 13.1. The molecule has 0 spiro atoms. The van der Waals surface area contributed by atoms with Gasteiger partial charge in [0, 0.05) is 6.54 Å².